The Kier molecular flexibility index (Phi) is 7.70. The van der Waals surface area contributed by atoms with Crippen molar-refractivity contribution in [2.75, 3.05) is 38.7 Å². The second-order valence-electron chi connectivity index (χ2n) is 8.52. The Bertz CT molecular complexity index is 979. The minimum atomic E-state index is -0.265. The van der Waals surface area contributed by atoms with Crippen molar-refractivity contribution in [3.63, 3.8) is 0 Å². The van der Waals surface area contributed by atoms with Crippen LogP contribution in [-0.2, 0) is 4.74 Å². The number of pyridine rings is 1. The summed E-state index contributed by atoms with van der Waals surface area (Å²) in [7, 11) is 1.71. The van der Waals surface area contributed by atoms with E-state index in [-0.39, 0.29) is 18.0 Å². The molecule has 1 aliphatic heterocycles. The minimum Gasteiger partial charge on any atom is -0.383 e. The number of anilines is 1. The van der Waals surface area contributed by atoms with Gasteiger partial charge in [-0.1, -0.05) is 30.3 Å². The quantitative estimate of drug-likeness (QED) is 0.496. The highest BCUT2D eigenvalue weighted by Crippen LogP contribution is 2.28. The second kappa shape index (κ2) is 11.1. The van der Waals surface area contributed by atoms with Crippen LogP contribution >= 0.6 is 0 Å². The van der Waals surface area contributed by atoms with Gasteiger partial charge in [0.05, 0.1) is 12.6 Å². The Morgan fingerprint density at radius 1 is 1.15 bits per heavy atom. The summed E-state index contributed by atoms with van der Waals surface area (Å²) in [4.78, 5) is 19.5. The number of urea groups is 1. The van der Waals surface area contributed by atoms with Gasteiger partial charge in [0.2, 0.25) is 0 Å². The molecule has 0 radical (unpaired) electrons. The van der Waals surface area contributed by atoms with E-state index in [1.54, 1.807) is 19.5 Å². The first-order valence-corrected chi connectivity index (χ1v) is 11.5. The van der Waals surface area contributed by atoms with E-state index >= 15 is 0 Å². The van der Waals surface area contributed by atoms with E-state index in [0.29, 0.717) is 18.1 Å². The number of carbonyl (C=O) groups is 1. The number of nitrogens with zero attached hydrogens (tertiary/aromatic N) is 2. The molecule has 2 aromatic rings. The summed E-state index contributed by atoms with van der Waals surface area (Å²) < 4.78 is 5.26. The van der Waals surface area contributed by atoms with Crippen LogP contribution in [0.5, 0.6) is 0 Å². The summed E-state index contributed by atoms with van der Waals surface area (Å²) in [6.07, 6.45) is 5.82. The maximum Gasteiger partial charge on any atom is 0.320 e. The van der Waals surface area contributed by atoms with Crippen molar-refractivity contribution in [3.8, 4) is 0 Å². The van der Waals surface area contributed by atoms with Crippen LogP contribution in [0.4, 0.5) is 10.5 Å². The Morgan fingerprint density at radius 2 is 1.94 bits per heavy atom. The number of likely N-dealkylation sites (tertiary alicyclic amines) is 1. The van der Waals surface area contributed by atoms with E-state index in [2.05, 4.69) is 38.0 Å². The molecule has 0 spiro atoms. The van der Waals surface area contributed by atoms with Crippen molar-refractivity contribution in [2.45, 2.75) is 31.2 Å². The van der Waals surface area contributed by atoms with Gasteiger partial charge in [-0.15, -0.1) is 0 Å². The van der Waals surface area contributed by atoms with Gasteiger partial charge in [0.25, 0.3) is 0 Å². The molecule has 0 unspecified atom stereocenters. The maximum atomic E-state index is 13.1. The fraction of sp³-hybridized carbons (Fsp3) is 0.400. The second-order valence-corrected chi connectivity index (χ2v) is 8.52. The number of methoxy groups -OCH3 is 1. The van der Waals surface area contributed by atoms with E-state index in [4.69, 9.17) is 10.1 Å². The molecule has 1 saturated heterocycles. The molecule has 8 nitrogen and oxygen atoms in total. The zero-order chi connectivity index (χ0) is 23.0. The summed E-state index contributed by atoms with van der Waals surface area (Å²) in [6, 6.07) is 13.7. The van der Waals surface area contributed by atoms with Crippen LogP contribution < -0.4 is 16.0 Å². The first kappa shape index (κ1) is 22.9. The molecule has 2 fully saturated rings. The number of hydrogen-bond acceptors (Lipinski definition) is 6. The van der Waals surface area contributed by atoms with Gasteiger partial charge in [-0.25, -0.2) is 4.79 Å². The van der Waals surface area contributed by atoms with Crippen LogP contribution in [0.25, 0.3) is 0 Å². The van der Waals surface area contributed by atoms with Crippen molar-refractivity contribution in [1.29, 1.82) is 5.41 Å². The van der Waals surface area contributed by atoms with Crippen molar-refractivity contribution in [3.05, 3.63) is 71.8 Å². The molecular weight excluding hydrogens is 416 g/mol. The molecule has 1 aromatic heterocycles. The number of carbonyl (C=O) groups excluding carboxylic acids is 1. The lowest BCUT2D eigenvalue weighted by Crippen LogP contribution is -2.46. The highest BCUT2D eigenvalue weighted by atomic mass is 16.5. The third-order valence-electron chi connectivity index (χ3n) is 6.26. The smallest absolute Gasteiger partial charge is 0.320 e. The van der Waals surface area contributed by atoms with Crippen LogP contribution in [0, 0.1) is 5.41 Å². The van der Waals surface area contributed by atoms with Gasteiger partial charge in [-0.3, -0.25) is 15.2 Å². The SMILES string of the molecule is COCCN1C[C@@H](NC(=O)N/C(Nc2ccncc2)=C2\CCCC2=N)[C@H](c2ccccc2)C1. The number of rotatable bonds is 8. The van der Waals surface area contributed by atoms with Crippen LogP contribution in [-0.4, -0.2) is 61.0 Å². The highest BCUT2D eigenvalue weighted by Gasteiger charge is 2.34. The summed E-state index contributed by atoms with van der Waals surface area (Å²) in [5.74, 6) is 0.773. The minimum absolute atomic E-state index is 0.0283. The van der Waals surface area contributed by atoms with Crippen molar-refractivity contribution < 1.29 is 9.53 Å². The number of ether oxygens (including phenoxy) is 1. The monoisotopic (exact) mass is 448 g/mol. The van der Waals surface area contributed by atoms with Gasteiger partial charge in [-0.2, -0.15) is 0 Å². The molecule has 4 rings (SSSR count). The third-order valence-corrected chi connectivity index (χ3v) is 6.26. The topological polar surface area (TPSA) is 102 Å². The molecule has 2 amide bonds. The maximum absolute atomic E-state index is 13.1. The van der Waals surface area contributed by atoms with Crippen LogP contribution in [0.15, 0.2) is 66.3 Å². The van der Waals surface area contributed by atoms with E-state index in [1.807, 2.05) is 30.3 Å². The van der Waals surface area contributed by atoms with Gasteiger partial charge in [0.1, 0.15) is 5.82 Å². The molecule has 0 bridgehead atoms. The van der Waals surface area contributed by atoms with Gasteiger partial charge >= 0.3 is 6.03 Å². The summed E-state index contributed by atoms with van der Waals surface area (Å²) in [6.45, 7) is 3.12. The zero-order valence-corrected chi connectivity index (χ0v) is 19.0. The molecule has 2 aliphatic rings. The van der Waals surface area contributed by atoms with E-state index in [0.717, 1.165) is 50.2 Å². The van der Waals surface area contributed by atoms with Crippen LogP contribution in [0.3, 0.4) is 0 Å². The lowest BCUT2D eigenvalue weighted by atomic mass is 9.94. The van der Waals surface area contributed by atoms with Crippen molar-refractivity contribution >= 4 is 17.4 Å². The zero-order valence-electron chi connectivity index (χ0n) is 19.0. The molecule has 2 atom stereocenters. The third kappa shape index (κ3) is 5.97. The summed E-state index contributed by atoms with van der Waals surface area (Å²) in [5.41, 5.74) is 3.46. The lowest BCUT2D eigenvalue weighted by Gasteiger charge is -2.22. The van der Waals surface area contributed by atoms with Crippen LogP contribution in [0.1, 0.15) is 30.7 Å². The molecule has 4 N–H and O–H groups in total. The van der Waals surface area contributed by atoms with E-state index < -0.39 is 0 Å². The molecule has 8 heteroatoms. The average molecular weight is 449 g/mol. The molecule has 2 heterocycles. The fourth-order valence-corrected chi connectivity index (χ4v) is 4.57. The molecule has 174 valence electrons. The number of amides is 2. The van der Waals surface area contributed by atoms with Gasteiger partial charge < -0.3 is 20.8 Å². The summed E-state index contributed by atoms with van der Waals surface area (Å²) >= 11 is 0. The first-order valence-electron chi connectivity index (χ1n) is 11.5. The normalized spacial score (nSPS) is 22.3. The van der Waals surface area contributed by atoms with Gasteiger partial charge in [-0.05, 0) is 37.0 Å². The number of aromatic nitrogens is 1. The van der Waals surface area contributed by atoms with Crippen LogP contribution in [0.2, 0.25) is 0 Å². The molecule has 33 heavy (non-hydrogen) atoms. The fourth-order valence-electron chi connectivity index (χ4n) is 4.57. The van der Waals surface area contributed by atoms with Crippen molar-refractivity contribution in [2.24, 2.45) is 0 Å². The van der Waals surface area contributed by atoms with Gasteiger partial charge in [0, 0.05) is 62.0 Å². The largest absolute Gasteiger partial charge is 0.383 e. The van der Waals surface area contributed by atoms with E-state index in [9.17, 15) is 4.79 Å². The van der Waals surface area contributed by atoms with Crippen molar-refractivity contribution in [1.82, 2.24) is 20.5 Å². The number of allylic oxidation sites excluding steroid dienone is 1. The Balaban J connectivity index is 1.49. The Hall–Kier alpha value is -3.23. The Labute approximate surface area is 194 Å². The predicted molar refractivity (Wildman–Crippen MR) is 129 cm³/mol. The molecule has 1 aromatic carbocycles. The Morgan fingerprint density at radius 3 is 2.64 bits per heavy atom. The average Bonchev–Trinajstić information content (AvgIpc) is 3.44. The number of nitrogens with one attached hydrogen (secondary N) is 4. The first-order chi connectivity index (χ1) is 16.1. The lowest BCUT2D eigenvalue weighted by molar-refractivity contribution is 0.159. The molecule has 1 aliphatic carbocycles. The molecular formula is C25H32N6O2. The predicted octanol–water partition coefficient (Wildman–Crippen LogP) is 3.32. The number of benzene rings is 1. The standard InChI is InChI=1S/C25H32N6O2/c1-33-15-14-31-16-21(18-6-3-2-4-7-18)23(17-31)29-25(32)30-24(20-8-5-9-22(20)26)28-19-10-12-27-13-11-19/h2-4,6-7,10-13,21,23,26H,5,8-9,14-17H2,1H3,(H,27,28)(H2,29,30,32)/b24-20+,26-22?/t21-,23+/m0/s1. The number of hydrogen-bond donors (Lipinski definition) is 4. The van der Waals surface area contributed by atoms with E-state index in [1.165, 1.54) is 5.56 Å². The van der Waals surface area contributed by atoms with Gasteiger partial charge in [0.15, 0.2) is 0 Å². The summed E-state index contributed by atoms with van der Waals surface area (Å²) in [5, 5.41) is 17.8. The molecule has 1 saturated carbocycles. The highest BCUT2D eigenvalue weighted by molar-refractivity contribution is 6.01.